The molecule has 32 heavy (non-hydrogen) atoms. The van der Waals surface area contributed by atoms with E-state index in [-0.39, 0.29) is 0 Å². The first kappa shape index (κ1) is 19.9. The maximum absolute atomic E-state index is 5.64. The molecule has 7 nitrogen and oxygen atoms in total. The fourth-order valence-electron chi connectivity index (χ4n) is 3.93. The Morgan fingerprint density at radius 1 is 1.09 bits per heavy atom. The first-order valence-corrected chi connectivity index (χ1v) is 10.8. The molecule has 2 aromatic carbocycles. The normalized spacial score (nSPS) is 11.2. The van der Waals surface area contributed by atoms with E-state index >= 15 is 0 Å². The molecule has 0 fully saturated rings. The first-order chi connectivity index (χ1) is 15.7. The van der Waals surface area contributed by atoms with Crippen molar-refractivity contribution in [2.45, 2.75) is 13.3 Å². The Bertz CT molecular complexity index is 1370. The molecule has 5 rings (SSSR count). The topological polar surface area (TPSA) is 79.8 Å². The van der Waals surface area contributed by atoms with Crippen molar-refractivity contribution in [2.75, 3.05) is 23.8 Å². The summed E-state index contributed by atoms with van der Waals surface area (Å²) in [5.74, 6) is 2.25. The van der Waals surface area contributed by atoms with E-state index in [1.165, 1.54) is 21.9 Å². The minimum atomic E-state index is 0.602. The summed E-state index contributed by atoms with van der Waals surface area (Å²) in [6.45, 7) is 3.38. The lowest BCUT2D eigenvalue weighted by molar-refractivity contribution is 0.340. The van der Waals surface area contributed by atoms with Crippen molar-refractivity contribution in [2.24, 2.45) is 7.05 Å². The van der Waals surface area contributed by atoms with E-state index in [9.17, 15) is 0 Å². The molecule has 0 amide bonds. The van der Waals surface area contributed by atoms with Gasteiger partial charge in [-0.1, -0.05) is 6.07 Å². The van der Waals surface area contributed by atoms with Crippen molar-refractivity contribution in [3.8, 4) is 5.75 Å². The molecule has 0 spiro atoms. The number of nitrogens with zero attached hydrogens (tertiary/aromatic N) is 3. The summed E-state index contributed by atoms with van der Waals surface area (Å²) in [7, 11) is 2.05. The highest BCUT2D eigenvalue weighted by atomic mass is 16.5. The summed E-state index contributed by atoms with van der Waals surface area (Å²) >= 11 is 0. The van der Waals surface area contributed by atoms with Crippen LogP contribution in [0.4, 0.5) is 17.5 Å². The standard InChI is InChI=1S/C25H26N6O/c1-3-32-20-6-7-22-21(15-20)18(16-28-22)8-11-26-25-27-12-9-24(30-25)29-19-5-4-17-10-13-31(2)23(17)14-19/h4-7,9-10,12-16,28H,3,8,11H2,1-2H3,(H2,26,27,29,30). The Hall–Kier alpha value is -4.00. The highest BCUT2D eigenvalue weighted by Gasteiger charge is 2.07. The summed E-state index contributed by atoms with van der Waals surface area (Å²) in [5.41, 5.74) is 4.52. The maximum Gasteiger partial charge on any atom is 0.224 e. The maximum atomic E-state index is 5.64. The Morgan fingerprint density at radius 2 is 2.03 bits per heavy atom. The molecule has 7 heteroatoms. The molecule has 3 N–H and O–H groups in total. The van der Waals surface area contributed by atoms with Crippen molar-refractivity contribution in [3.63, 3.8) is 0 Å². The fourth-order valence-corrected chi connectivity index (χ4v) is 3.93. The Morgan fingerprint density at radius 3 is 2.94 bits per heavy atom. The van der Waals surface area contributed by atoms with Gasteiger partial charge in [0.05, 0.1) is 6.61 Å². The van der Waals surface area contributed by atoms with Crippen LogP contribution in [0.1, 0.15) is 12.5 Å². The van der Waals surface area contributed by atoms with Gasteiger partial charge in [-0.2, -0.15) is 4.98 Å². The molecule has 0 aliphatic carbocycles. The van der Waals surface area contributed by atoms with Crippen LogP contribution < -0.4 is 15.4 Å². The third-order valence-corrected chi connectivity index (χ3v) is 5.54. The number of anilines is 3. The highest BCUT2D eigenvalue weighted by Crippen LogP contribution is 2.25. The van der Waals surface area contributed by atoms with Gasteiger partial charge in [-0.25, -0.2) is 4.98 Å². The van der Waals surface area contributed by atoms with E-state index < -0.39 is 0 Å². The summed E-state index contributed by atoms with van der Waals surface area (Å²) in [4.78, 5) is 12.3. The van der Waals surface area contributed by atoms with Crippen molar-refractivity contribution in [1.29, 1.82) is 0 Å². The van der Waals surface area contributed by atoms with Crippen LogP contribution in [-0.4, -0.2) is 32.7 Å². The number of aryl methyl sites for hydroxylation is 1. The average Bonchev–Trinajstić information content (AvgIpc) is 3.38. The van der Waals surface area contributed by atoms with E-state index in [1.54, 1.807) is 6.20 Å². The van der Waals surface area contributed by atoms with Gasteiger partial charge in [0.2, 0.25) is 5.95 Å². The summed E-state index contributed by atoms with van der Waals surface area (Å²) in [6.07, 6.45) is 6.73. The van der Waals surface area contributed by atoms with Crippen molar-refractivity contribution < 1.29 is 4.74 Å². The highest BCUT2D eigenvalue weighted by molar-refractivity contribution is 5.85. The molecule has 0 saturated heterocycles. The number of hydrogen-bond donors (Lipinski definition) is 3. The molecule has 3 heterocycles. The minimum absolute atomic E-state index is 0.602. The van der Waals surface area contributed by atoms with Crippen LogP contribution in [0, 0.1) is 0 Å². The molecule has 5 aromatic rings. The monoisotopic (exact) mass is 426 g/mol. The van der Waals surface area contributed by atoms with Gasteiger partial charge < -0.3 is 24.9 Å². The molecule has 0 unspecified atom stereocenters. The third-order valence-electron chi connectivity index (χ3n) is 5.54. The molecule has 0 radical (unpaired) electrons. The minimum Gasteiger partial charge on any atom is -0.494 e. The zero-order valence-electron chi connectivity index (χ0n) is 18.2. The Labute approximate surface area is 186 Å². The SMILES string of the molecule is CCOc1ccc2[nH]cc(CCNc3nccc(Nc4ccc5ccn(C)c5c4)n3)c2c1. The van der Waals surface area contributed by atoms with Gasteiger partial charge in [-0.05, 0) is 66.8 Å². The third kappa shape index (κ3) is 4.09. The molecular formula is C25H26N6O. The van der Waals surface area contributed by atoms with E-state index in [4.69, 9.17) is 4.74 Å². The molecule has 162 valence electrons. The lowest BCUT2D eigenvalue weighted by Crippen LogP contribution is -2.08. The smallest absolute Gasteiger partial charge is 0.224 e. The van der Waals surface area contributed by atoms with E-state index in [0.29, 0.717) is 12.6 Å². The lowest BCUT2D eigenvalue weighted by atomic mass is 10.1. The van der Waals surface area contributed by atoms with E-state index in [2.05, 4.69) is 78.9 Å². The lowest BCUT2D eigenvalue weighted by Gasteiger charge is -2.09. The number of aromatic amines is 1. The number of fused-ring (bicyclic) bond motifs is 2. The van der Waals surface area contributed by atoms with Gasteiger partial charge in [0, 0.05) is 54.3 Å². The van der Waals surface area contributed by atoms with Crippen molar-refractivity contribution >= 4 is 39.3 Å². The van der Waals surface area contributed by atoms with Crippen LogP contribution in [0.5, 0.6) is 5.75 Å². The number of aromatic nitrogens is 4. The number of benzene rings is 2. The number of hydrogen-bond acceptors (Lipinski definition) is 5. The van der Waals surface area contributed by atoms with Gasteiger partial charge in [0.25, 0.3) is 0 Å². The summed E-state index contributed by atoms with van der Waals surface area (Å²) in [5, 5.41) is 9.11. The quantitative estimate of drug-likeness (QED) is 0.316. The van der Waals surface area contributed by atoms with Gasteiger partial charge in [0.1, 0.15) is 11.6 Å². The number of nitrogens with one attached hydrogen (secondary N) is 3. The van der Waals surface area contributed by atoms with Crippen LogP contribution in [-0.2, 0) is 13.5 Å². The molecule has 0 aliphatic rings. The van der Waals surface area contributed by atoms with Gasteiger partial charge in [-0.15, -0.1) is 0 Å². The molecule has 0 saturated carbocycles. The predicted molar refractivity (Wildman–Crippen MR) is 130 cm³/mol. The zero-order chi connectivity index (χ0) is 21.9. The van der Waals surface area contributed by atoms with Gasteiger partial charge >= 0.3 is 0 Å². The number of H-pyrrole nitrogens is 1. The molecule has 0 aliphatic heterocycles. The Kier molecular flexibility index (Phi) is 5.37. The van der Waals surface area contributed by atoms with Crippen LogP contribution in [0.2, 0.25) is 0 Å². The fraction of sp³-hybridized carbons (Fsp3) is 0.200. The average molecular weight is 427 g/mol. The largest absolute Gasteiger partial charge is 0.494 e. The van der Waals surface area contributed by atoms with Crippen molar-refractivity contribution in [3.05, 3.63) is 72.7 Å². The summed E-state index contributed by atoms with van der Waals surface area (Å²) < 4.78 is 7.75. The van der Waals surface area contributed by atoms with Gasteiger partial charge in [-0.3, -0.25) is 0 Å². The van der Waals surface area contributed by atoms with E-state index in [0.717, 1.165) is 35.7 Å². The van der Waals surface area contributed by atoms with Gasteiger partial charge in [0.15, 0.2) is 0 Å². The molecular weight excluding hydrogens is 400 g/mol. The zero-order valence-corrected chi connectivity index (χ0v) is 18.2. The second-order valence-corrected chi connectivity index (χ2v) is 7.72. The van der Waals surface area contributed by atoms with Crippen LogP contribution in [0.25, 0.3) is 21.8 Å². The van der Waals surface area contributed by atoms with Crippen LogP contribution >= 0.6 is 0 Å². The second kappa shape index (κ2) is 8.63. The number of rotatable bonds is 8. The molecule has 0 atom stereocenters. The predicted octanol–water partition coefficient (Wildman–Crippen LogP) is 5.25. The molecule has 3 aromatic heterocycles. The second-order valence-electron chi connectivity index (χ2n) is 7.72. The van der Waals surface area contributed by atoms with Crippen LogP contribution in [0.15, 0.2) is 67.1 Å². The van der Waals surface area contributed by atoms with E-state index in [1.807, 2.05) is 26.1 Å². The number of ether oxygens (including phenoxy) is 1. The Balaban J connectivity index is 1.25. The summed E-state index contributed by atoms with van der Waals surface area (Å²) in [6, 6.07) is 16.4. The molecule has 0 bridgehead atoms. The van der Waals surface area contributed by atoms with Crippen LogP contribution in [0.3, 0.4) is 0 Å². The van der Waals surface area contributed by atoms with Crippen molar-refractivity contribution in [1.82, 2.24) is 19.5 Å². The first-order valence-electron chi connectivity index (χ1n) is 10.8.